The van der Waals surface area contributed by atoms with Gasteiger partial charge in [-0.3, -0.25) is 0 Å². The first-order valence-corrected chi connectivity index (χ1v) is 7.12. The van der Waals surface area contributed by atoms with Crippen molar-refractivity contribution >= 4 is 5.69 Å². The molecule has 2 fully saturated rings. The van der Waals surface area contributed by atoms with Gasteiger partial charge >= 0.3 is 6.18 Å². The van der Waals surface area contributed by atoms with Gasteiger partial charge in [-0.2, -0.15) is 13.2 Å². The summed E-state index contributed by atoms with van der Waals surface area (Å²) in [6.07, 6.45) is -1.80. The molecule has 0 amide bonds. The van der Waals surface area contributed by atoms with E-state index in [1.807, 2.05) is 0 Å². The number of nitrogens with one attached hydrogen (secondary N) is 1. The predicted octanol–water partition coefficient (Wildman–Crippen LogP) is 3.28. The molecule has 0 aromatic heterocycles. The molecule has 0 bridgehead atoms. The Labute approximate surface area is 117 Å². The van der Waals surface area contributed by atoms with Crippen LogP contribution in [0.1, 0.15) is 25.3 Å². The first-order valence-electron chi connectivity index (χ1n) is 7.12. The van der Waals surface area contributed by atoms with Gasteiger partial charge in [-0.05, 0) is 43.9 Å². The van der Waals surface area contributed by atoms with Crippen molar-refractivity contribution in [3.63, 3.8) is 0 Å². The number of hydrogen-bond acceptors (Lipinski definition) is 2. The summed E-state index contributed by atoms with van der Waals surface area (Å²) in [7, 11) is 0. The fourth-order valence-corrected chi connectivity index (χ4v) is 2.92. The Morgan fingerprint density at radius 1 is 1.25 bits per heavy atom. The summed E-state index contributed by atoms with van der Waals surface area (Å²) in [6, 6.07) is 6.31. The Kier molecular flexibility index (Phi) is 3.40. The van der Waals surface area contributed by atoms with E-state index in [9.17, 15) is 13.2 Å². The van der Waals surface area contributed by atoms with Crippen LogP contribution < -0.4 is 10.2 Å². The molecule has 1 heterocycles. The van der Waals surface area contributed by atoms with Crippen LogP contribution in [0.2, 0.25) is 0 Å². The highest BCUT2D eigenvalue weighted by Crippen LogP contribution is 2.36. The average molecular weight is 284 g/mol. The van der Waals surface area contributed by atoms with Crippen LogP contribution in [0.25, 0.3) is 0 Å². The fraction of sp³-hybridized carbons (Fsp3) is 0.600. The first kappa shape index (κ1) is 13.7. The maximum atomic E-state index is 12.8. The third kappa shape index (κ3) is 2.77. The van der Waals surface area contributed by atoms with Crippen LogP contribution >= 0.6 is 0 Å². The number of piperazine rings is 1. The molecule has 2 aliphatic rings. The molecule has 1 N–H and O–H groups in total. The molecule has 2 atom stereocenters. The summed E-state index contributed by atoms with van der Waals surface area (Å²) in [5.41, 5.74) is 0.114. The van der Waals surface area contributed by atoms with E-state index >= 15 is 0 Å². The van der Waals surface area contributed by atoms with Gasteiger partial charge in [-0.25, -0.2) is 0 Å². The Morgan fingerprint density at radius 3 is 2.65 bits per heavy atom. The number of hydrogen-bond donors (Lipinski definition) is 1. The van der Waals surface area contributed by atoms with E-state index in [4.69, 9.17) is 0 Å². The number of anilines is 1. The van der Waals surface area contributed by atoms with Crippen LogP contribution in [0.15, 0.2) is 24.3 Å². The molecule has 1 aromatic rings. The third-order valence-corrected chi connectivity index (χ3v) is 4.30. The summed E-state index contributed by atoms with van der Waals surface area (Å²) >= 11 is 0. The lowest BCUT2D eigenvalue weighted by Gasteiger charge is -2.40. The zero-order valence-corrected chi connectivity index (χ0v) is 11.5. The molecular formula is C15H19F3N2. The minimum absolute atomic E-state index is 0.216. The molecule has 2 unspecified atom stereocenters. The number of nitrogens with zero attached hydrogens (tertiary/aromatic N) is 1. The molecule has 0 spiro atoms. The van der Waals surface area contributed by atoms with Crippen molar-refractivity contribution in [3.8, 4) is 0 Å². The van der Waals surface area contributed by atoms with Crippen LogP contribution in [-0.4, -0.2) is 25.2 Å². The van der Waals surface area contributed by atoms with Crippen molar-refractivity contribution in [3.05, 3.63) is 29.8 Å². The summed E-state index contributed by atoms with van der Waals surface area (Å²) < 4.78 is 38.4. The quantitative estimate of drug-likeness (QED) is 0.896. The molecule has 0 radical (unpaired) electrons. The molecule has 20 heavy (non-hydrogen) atoms. The molecular weight excluding hydrogens is 265 g/mol. The van der Waals surface area contributed by atoms with Crippen molar-refractivity contribution in [2.24, 2.45) is 5.92 Å². The van der Waals surface area contributed by atoms with E-state index in [2.05, 4.69) is 17.1 Å². The SMILES string of the molecule is CC1CNC(C2CC2)CN1c1cccc(C(F)(F)F)c1. The standard InChI is InChI=1S/C15H19F3N2/c1-10-8-19-14(11-5-6-11)9-20(10)13-4-2-3-12(7-13)15(16,17)18/h2-4,7,10-11,14,19H,5-6,8-9H2,1H3. The second-order valence-electron chi connectivity index (χ2n) is 5.90. The van der Waals surface area contributed by atoms with Gasteiger partial charge in [-0.1, -0.05) is 6.07 Å². The number of alkyl halides is 3. The zero-order chi connectivity index (χ0) is 14.3. The van der Waals surface area contributed by atoms with Crippen molar-refractivity contribution in [2.75, 3.05) is 18.0 Å². The van der Waals surface area contributed by atoms with Gasteiger partial charge in [-0.15, -0.1) is 0 Å². The lowest BCUT2D eigenvalue weighted by Crippen LogP contribution is -2.56. The molecule has 1 saturated heterocycles. The van der Waals surface area contributed by atoms with E-state index in [0.29, 0.717) is 17.6 Å². The van der Waals surface area contributed by atoms with E-state index < -0.39 is 11.7 Å². The van der Waals surface area contributed by atoms with Crippen molar-refractivity contribution in [1.29, 1.82) is 0 Å². The molecule has 5 heteroatoms. The highest BCUT2D eigenvalue weighted by molar-refractivity contribution is 5.51. The number of rotatable bonds is 2. The van der Waals surface area contributed by atoms with Gasteiger partial charge in [0.05, 0.1) is 5.56 Å². The second kappa shape index (κ2) is 4.95. The molecule has 1 aliphatic heterocycles. The predicted molar refractivity (Wildman–Crippen MR) is 72.8 cm³/mol. The average Bonchev–Trinajstić information content (AvgIpc) is 3.23. The van der Waals surface area contributed by atoms with Crippen LogP contribution in [0, 0.1) is 5.92 Å². The van der Waals surface area contributed by atoms with Crippen LogP contribution in [0.4, 0.5) is 18.9 Å². The minimum atomic E-state index is -4.27. The molecule has 110 valence electrons. The summed E-state index contributed by atoms with van der Waals surface area (Å²) in [5.74, 6) is 0.704. The largest absolute Gasteiger partial charge is 0.416 e. The topological polar surface area (TPSA) is 15.3 Å². The number of halogens is 3. The maximum Gasteiger partial charge on any atom is 0.416 e. The lowest BCUT2D eigenvalue weighted by molar-refractivity contribution is -0.137. The van der Waals surface area contributed by atoms with Gasteiger partial charge in [0, 0.05) is 30.9 Å². The number of benzene rings is 1. The Morgan fingerprint density at radius 2 is 2.00 bits per heavy atom. The maximum absolute atomic E-state index is 12.8. The first-order chi connectivity index (χ1) is 9.45. The lowest BCUT2D eigenvalue weighted by atomic mass is 10.0. The fourth-order valence-electron chi connectivity index (χ4n) is 2.92. The smallest absolute Gasteiger partial charge is 0.366 e. The molecule has 1 aliphatic carbocycles. The second-order valence-corrected chi connectivity index (χ2v) is 5.90. The summed E-state index contributed by atoms with van der Waals surface area (Å²) in [4.78, 5) is 2.11. The van der Waals surface area contributed by atoms with Crippen molar-refractivity contribution in [2.45, 2.75) is 38.0 Å². The molecule has 1 saturated carbocycles. The van der Waals surface area contributed by atoms with E-state index in [0.717, 1.165) is 19.2 Å². The van der Waals surface area contributed by atoms with Crippen molar-refractivity contribution < 1.29 is 13.2 Å². The zero-order valence-electron chi connectivity index (χ0n) is 11.5. The van der Waals surface area contributed by atoms with Gasteiger partial charge in [0.2, 0.25) is 0 Å². The minimum Gasteiger partial charge on any atom is -0.366 e. The molecule has 3 rings (SSSR count). The Bertz CT molecular complexity index is 482. The molecule has 2 nitrogen and oxygen atoms in total. The highest BCUT2D eigenvalue weighted by atomic mass is 19.4. The normalized spacial score (nSPS) is 27.7. The monoisotopic (exact) mass is 284 g/mol. The highest BCUT2D eigenvalue weighted by Gasteiger charge is 2.37. The van der Waals surface area contributed by atoms with Gasteiger partial charge in [0.25, 0.3) is 0 Å². The van der Waals surface area contributed by atoms with Crippen molar-refractivity contribution in [1.82, 2.24) is 5.32 Å². The summed E-state index contributed by atoms with van der Waals surface area (Å²) in [6.45, 7) is 3.68. The van der Waals surface area contributed by atoms with Crippen LogP contribution in [0.5, 0.6) is 0 Å². The van der Waals surface area contributed by atoms with Crippen LogP contribution in [0.3, 0.4) is 0 Å². The van der Waals surface area contributed by atoms with E-state index in [-0.39, 0.29) is 6.04 Å². The van der Waals surface area contributed by atoms with Gasteiger partial charge in [0.1, 0.15) is 0 Å². The Balaban J connectivity index is 1.82. The van der Waals surface area contributed by atoms with E-state index in [1.165, 1.54) is 25.0 Å². The third-order valence-electron chi connectivity index (χ3n) is 4.30. The van der Waals surface area contributed by atoms with E-state index in [1.54, 1.807) is 6.07 Å². The summed E-state index contributed by atoms with van der Waals surface area (Å²) in [5, 5.41) is 3.51. The molecule has 1 aromatic carbocycles. The van der Waals surface area contributed by atoms with Crippen LogP contribution in [-0.2, 0) is 6.18 Å². The van der Waals surface area contributed by atoms with Gasteiger partial charge in [0.15, 0.2) is 0 Å². The van der Waals surface area contributed by atoms with Gasteiger partial charge < -0.3 is 10.2 Å². The Hall–Kier alpha value is -1.23.